The van der Waals surface area contributed by atoms with Gasteiger partial charge in [-0.3, -0.25) is 0 Å². The van der Waals surface area contributed by atoms with Gasteiger partial charge in [-0.1, -0.05) is 17.7 Å². The summed E-state index contributed by atoms with van der Waals surface area (Å²) in [7, 11) is 0. The molecule has 0 N–H and O–H groups in total. The normalized spacial score (nSPS) is 10.1. The van der Waals surface area contributed by atoms with Gasteiger partial charge in [0.2, 0.25) is 0 Å². The minimum atomic E-state index is 0.671. The molecule has 0 spiro atoms. The van der Waals surface area contributed by atoms with E-state index in [1.54, 1.807) is 0 Å². The van der Waals surface area contributed by atoms with Gasteiger partial charge < -0.3 is 4.74 Å². The highest BCUT2D eigenvalue weighted by molar-refractivity contribution is 7.80. The van der Waals surface area contributed by atoms with Crippen LogP contribution in [-0.4, -0.2) is 12.4 Å². The zero-order valence-electron chi connectivity index (χ0n) is 7.59. The molecule has 1 nitrogen and oxygen atoms in total. The molecule has 0 aliphatic heterocycles. The second-order valence-corrected chi connectivity index (χ2v) is 3.71. The van der Waals surface area contributed by atoms with E-state index < -0.39 is 0 Å². The lowest BCUT2D eigenvalue weighted by Gasteiger charge is -2.07. The molecule has 1 aromatic rings. The Morgan fingerprint density at radius 3 is 2.92 bits per heavy atom. The Kier molecular flexibility index (Phi) is 4.46. The van der Waals surface area contributed by atoms with Crippen LogP contribution in [0.15, 0.2) is 18.2 Å². The lowest BCUT2D eigenvalue weighted by Crippen LogP contribution is -1.98. The lowest BCUT2D eigenvalue weighted by atomic mass is 10.2. The molecule has 0 saturated heterocycles. The molecule has 0 radical (unpaired) electrons. The summed E-state index contributed by atoms with van der Waals surface area (Å²) < 4.78 is 5.48. The molecule has 0 fully saturated rings. The maximum Gasteiger partial charge on any atom is 0.138 e. The van der Waals surface area contributed by atoms with Crippen LogP contribution in [0.5, 0.6) is 5.75 Å². The summed E-state index contributed by atoms with van der Waals surface area (Å²) in [5.41, 5.74) is 1.16. The molecule has 0 heterocycles. The number of halogens is 1. The number of hydrogen-bond donors (Lipinski definition) is 1. The quantitative estimate of drug-likeness (QED) is 0.600. The maximum absolute atomic E-state index is 5.93. The monoisotopic (exact) mass is 216 g/mol. The molecular weight excluding hydrogens is 204 g/mol. The molecule has 3 heteroatoms. The average molecular weight is 217 g/mol. The second-order valence-electron chi connectivity index (χ2n) is 2.86. The van der Waals surface area contributed by atoms with Crippen molar-refractivity contribution in [3.63, 3.8) is 0 Å². The molecular formula is C10H13ClOS. The Bertz CT molecular complexity index is 276. The van der Waals surface area contributed by atoms with E-state index in [9.17, 15) is 0 Å². The van der Waals surface area contributed by atoms with Crippen molar-refractivity contribution in [2.75, 3.05) is 12.4 Å². The summed E-state index contributed by atoms with van der Waals surface area (Å²) in [6.07, 6.45) is 0.938. The highest BCUT2D eigenvalue weighted by atomic mass is 35.5. The minimum Gasteiger partial charge on any atom is -0.492 e. The molecule has 1 rings (SSSR count). The summed E-state index contributed by atoms with van der Waals surface area (Å²) in [5, 5.41) is 0.671. The van der Waals surface area contributed by atoms with Crippen LogP contribution in [0.25, 0.3) is 0 Å². The van der Waals surface area contributed by atoms with Crippen molar-refractivity contribution in [2.24, 2.45) is 0 Å². The number of aryl methyl sites for hydroxylation is 1. The first-order valence-electron chi connectivity index (χ1n) is 4.24. The summed E-state index contributed by atoms with van der Waals surface area (Å²) in [6, 6.07) is 5.77. The van der Waals surface area contributed by atoms with Crippen molar-refractivity contribution in [3.8, 4) is 5.75 Å². The van der Waals surface area contributed by atoms with Crippen LogP contribution >= 0.6 is 24.2 Å². The number of hydrogen-bond acceptors (Lipinski definition) is 2. The van der Waals surface area contributed by atoms with E-state index in [1.807, 2.05) is 25.1 Å². The largest absolute Gasteiger partial charge is 0.492 e. The third-order valence-electron chi connectivity index (χ3n) is 1.65. The molecule has 0 aromatic heterocycles. The predicted molar refractivity (Wildman–Crippen MR) is 60.2 cm³/mol. The Morgan fingerprint density at radius 2 is 2.23 bits per heavy atom. The predicted octanol–water partition coefficient (Wildman–Crippen LogP) is 3.35. The first kappa shape index (κ1) is 10.7. The summed E-state index contributed by atoms with van der Waals surface area (Å²) in [5.74, 6) is 1.60. The minimum absolute atomic E-state index is 0.671. The molecule has 0 bridgehead atoms. The Morgan fingerprint density at radius 1 is 1.46 bits per heavy atom. The van der Waals surface area contributed by atoms with E-state index in [0.29, 0.717) is 11.6 Å². The zero-order valence-corrected chi connectivity index (χ0v) is 9.24. The van der Waals surface area contributed by atoms with E-state index in [2.05, 4.69) is 12.6 Å². The van der Waals surface area contributed by atoms with Gasteiger partial charge >= 0.3 is 0 Å². The maximum atomic E-state index is 5.93. The molecule has 0 saturated carbocycles. The van der Waals surface area contributed by atoms with Crippen LogP contribution in [0.4, 0.5) is 0 Å². The van der Waals surface area contributed by atoms with Gasteiger partial charge in [-0.15, -0.1) is 0 Å². The van der Waals surface area contributed by atoms with E-state index in [-0.39, 0.29) is 0 Å². The molecule has 0 aliphatic rings. The second kappa shape index (κ2) is 5.40. The topological polar surface area (TPSA) is 9.23 Å². The van der Waals surface area contributed by atoms with Gasteiger partial charge in [0, 0.05) is 0 Å². The molecule has 0 unspecified atom stereocenters. The smallest absolute Gasteiger partial charge is 0.138 e. The molecule has 0 aliphatic carbocycles. The summed E-state index contributed by atoms with van der Waals surface area (Å²) in [4.78, 5) is 0. The van der Waals surface area contributed by atoms with Crippen molar-refractivity contribution >= 4 is 24.2 Å². The average Bonchev–Trinajstić information content (AvgIpc) is 2.11. The Hall–Kier alpha value is -0.340. The van der Waals surface area contributed by atoms with Gasteiger partial charge in [0.05, 0.1) is 11.6 Å². The van der Waals surface area contributed by atoms with Crippen LogP contribution in [0.3, 0.4) is 0 Å². The van der Waals surface area contributed by atoms with Gasteiger partial charge in [-0.05, 0) is 36.8 Å². The van der Waals surface area contributed by atoms with Crippen LogP contribution in [-0.2, 0) is 0 Å². The molecule has 0 atom stereocenters. The van der Waals surface area contributed by atoms with Crippen molar-refractivity contribution in [3.05, 3.63) is 28.8 Å². The molecule has 13 heavy (non-hydrogen) atoms. The fourth-order valence-corrected chi connectivity index (χ4v) is 1.27. The fraction of sp³-hybridized carbons (Fsp3) is 0.400. The third kappa shape index (κ3) is 3.49. The van der Waals surface area contributed by atoms with Crippen LogP contribution in [0, 0.1) is 6.92 Å². The highest BCUT2D eigenvalue weighted by Gasteiger charge is 2.00. The van der Waals surface area contributed by atoms with E-state index >= 15 is 0 Å². The van der Waals surface area contributed by atoms with Crippen molar-refractivity contribution < 1.29 is 4.74 Å². The van der Waals surface area contributed by atoms with Crippen LogP contribution in [0.1, 0.15) is 12.0 Å². The van der Waals surface area contributed by atoms with Gasteiger partial charge in [-0.25, -0.2) is 0 Å². The first-order valence-corrected chi connectivity index (χ1v) is 5.25. The first-order chi connectivity index (χ1) is 6.24. The van der Waals surface area contributed by atoms with Gasteiger partial charge in [-0.2, -0.15) is 12.6 Å². The zero-order chi connectivity index (χ0) is 9.68. The van der Waals surface area contributed by atoms with Crippen LogP contribution < -0.4 is 4.74 Å². The van der Waals surface area contributed by atoms with Gasteiger partial charge in [0.1, 0.15) is 5.75 Å². The summed E-state index contributed by atoms with van der Waals surface area (Å²) >= 11 is 10.0. The highest BCUT2D eigenvalue weighted by Crippen LogP contribution is 2.25. The lowest BCUT2D eigenvalue weighted by molar-refractivity contribution is 0.319. The fourth-order valence-electron chi connectivity index (χ4n) is 0.968. The molecule has 0 amide bonds. The van der Waals surface area contributed by atoms with E-state index in [1.165, 1.54) is 0 Å². The molecule has 72 valence electrons. The van der Waals surface area contributed by atoms with E-state index in [0.717, 1.165) is 23.5 Å². The van der Waals surface area contributed by atoms with E-state index in [4.69, 9.17) is 16.3 Å². The Labute approximate surface area is 89.5 Å². The third-order valence-corrected chi connectivity index (χ3v) is 2.28. The van der Waals surface area contributed by atoms with Crippen LogP contribution in [0.2, 0.25) is 5.02 Å². The standard InChI is InChI=1S/C10H13ClOS/c1-8-3-4-9(11)10(7-8)12-5-2-6-13/h3-4,7,13H,2,5-6H2,1H3. The molecule has 1 aromatic carbocycles. The van der Waals surface area contributed by atoms with Crippen molar-refractivity contribution in [1.29, 1.82) is 0 Å². The van der Waals surface area contributed by atoms with Gasteiger partial charge in [0.15, 0.2) is 0 Å². The number of thiol groups is 1. The van der Waals surface area contributed by atoms with Gasteiger partial charge in [0.25, 0.3) is 0 Å². The number of rotatable bonds is 4. The Balaban J connectivity index is 2.59. The van der Waals surface area contributed by atoms with Crippen molar-refractivity contribution in [2.45, 2.75) is 13.3 Å². The SMILES string of the molecule is Cc1ccc(Cl)c(OCCCS)c1. The van der Waals surface area contributed by atoms with Crippen molar-refractivity contribution in [1.82, 2.24) is 0 Å². The number of ether oxygens (including phenoxy) is 1. The number of benzene rings is 1. The summed E-state index contributed by atoms with van der Waals surface area (Å²) in [6.45, 7) is 2.69.